The van der Waals surface area contributed by atoms with Crippen molar-refractivity contribution in [2.24, 2.45) is 5.92 Å². The molecule has 0 unspecified atom stereocenters. The molecule has 7 nitrogen and oxygen atoms in total. The molecule has 1 aliphatic heterocycles. The molecule has 32 heavy (non-hydrogen) atoms. The van der Waals surface area contributed by atoms with Crippen molar-refractivity contribution in [1.82, 2.24) is 9.62 Å². The van der Waals surface area contributed by atoms with Gasteiger partial charge in [0.15, 0.2) is 0 Å². The number of carbonyl (C=O) groups excluding carboxylic acids is 1. The second-order valence-corrected chi connectivity index (χ2v) is 10.0. The van der Waals surface area contributed by atoms with E-state index in [1.165, 1.54) is 30.2 Å². The first kappa shape index (κ1) is 24.1. The molecular formula is C24H32N2O5S. The number of hydrogen-bond donors (Lipinski definition) is 1. The molecule has 0 spiro atoms. The highest BCUT2D eigenvalue weighted by molar-refractivity contribution is 7.89. The summed E-state index contributed by atoms with van der Waals surface area (Å²) < 4.78 is 38.3. The lowest BCUT2D eigenvalue weighted by Crippen LogP contribution is -2.44. The van der Waals surface area contributed by atoms with E-state index in [-0.39, 0.29) is 28.5 Å². The second-order valence-electron chi connectivity index (χ2n) is 8.13. The summed E-state index contributed by atoms with van der Waals surface area (Å²) in [5.74, 6) is 0.537. The first-order valence-corrected chi connectivity index (χ1v) is 12.4. The van der Waals surface area contributed by atoms with Gasteiger partial charge in [-0.15, -0.1) is 0 Å². The monoisotopic (exact) mass is 460 g/mol. The summed E-state index contributed by atoms with van der Waals surface area (Å²) in [7, 11) is -0.822. The molecule has 0 saturated carbocycles. The fraction of sp³-hybridized carbons (Fsp3) is 0.458. The highest BCUT2D eigenvalue weighted by Crippen LogP contribution is 2.32. The van der Waals surface area contributed by atoms with Gasteiger partial charge in [0.25, 0.3) is 0 Å². The number of hydrogen-bond acceptors (Lipinski definition) is 5. The number of carbonyl (C=O) groups is 1. The Labute approximate surface area is 190 Å². The van der Waals surface area contributed by atoms with Gasteiger partial charge in [0, 0.05) is 31.1 Å². The number of aryl methyl sites for hydroxylation is 1. The topological polar surface area (TPSA) is 84.9 Å². The van der Waals surface area contributed by atoms with Crippen LogP contribution in [-0.4, -0.2) is 52.0 Å². The molecule has 0 bridgehead atoms. The maximum atomic E-state index is 13.2. The molecular weight excluding hydrogens is 428 g/mol. The number of rotatable bonds is 9. The molecule has 1 heterocycles. The summed E-state index contributed by atoms with van der Waals surface area (Å²) in [4.78, 5) is 12.8. The minimum Gasteiger partial charge on any atom is -0.497 e. The first-order chi connectivity index (χ1) is 15.3. The number of sulfonamides is 1. The number of ether oxygens (including phenoxy) is 2. The number of amides is 1. The van der Waals surface area contributed by atoms with Gasteiger partial charge in [0.1, 0.15) is 16.4 Å². The van der Waals surface area contributed by atoms with Crippen molar-refractivity contribution in [3.63, 3.8) is 0 Å². The van der Waals surface area contributed by atoms with Crippen molar-refractivity contribution in [3.05, 3.63) is 54.1 Å². The Balaban J connectivity index is 1.55. The standard InChI is InChI=1S/C24H32N2O5S/c1-18(9-10-19-7-5-4-6-8-19)25-24(27)20-13-15-26(16-14-20)32(28,29)23-17-21(30-2)11-12-22(23)31-3/h4-8,11-12,17-18,20H,9-10,13-16H2,1-3H3,(H,25,27)/t18-/m0/s1. The number of nitrogens with one attached hydrogen (secondary N) is 1. The van der Waals surface area contributed by atoms with E-state index in [4.69, 9.17) is 9.47 Å². The lowest BCUT2D eigenvalue weighted by atomic mass is 9.96. The highest BCUT2D eigenvalue weighted by Gasteiger charge is 2.34. The third-order valence-corrected chi connectivity index (χ3v) is 7.83. The van der Waals surface area contributed by atoms with Crippen LogP contribution in [0, 0.1) is 5.92 Å². The Morgan fingerprint density at radius 2 is 1.78 bits per heavy atom. The largest absolute Gasteiger partial charge is 0.497 e. The second kappa shape index (κ2) is 10.8. The summed E-state index contributed by atoms with van der Waals surface area (Å²) in [6.45, 7) is 2.59. The Morgan fingerprint density at radius 1 is 1.09 bits per heavy atom. The quantitative estimate of drug-likeness (QED) is 0.621. The number of nitrogens with zero attached hydrogens (tertiary/aromatic N) is 1. The fourth-order valence-corrected chi connectivity index (χ4v) is 5.58. The van der Waals surface area contributed by atoms with E-state index in [1.54, 1.807) is 12.1 Å². The van der Waals surface area contributed by atoms with Crippen LogP contribution in [0.1, 0.15) is 31.7 Å². The molecule has 1 atom stereocenters. The molecule has 3 rings (SSSR count). The van der Waals surface area contributed by atoms with E-state index < -0.39 is 10.0 Å². The van der Waals surface area contributed by atoms with Crippen LogP contribution < -0.4 is 14.8 Å². The minimum atomic E-state index is -3.75. The van der Waals surface area contributed by atoms with E-state index in [2.05, 4.69) is 17.4 Å². The molecule has 1 aliphatic rings. The van der Waals surface area contributed by atoms with Crippen molar-refractivity contribution in [3.8, 4) is 11.5 Å². The van der Waals surface area contributed by atoms with E-state index >= 15 is 0 Å². The maximum Gasteiger partial charge on any atom is 0.246 e. The number of methoxy groups -OCH3 is 2. The first-order valence-electron chi connectivity index (χ1n) is 10.9. The van der Waals surface area contributed by atoms with Crippen molar-refractivity contribution in [2.45, 2.75) is 43.5 Å². The average Bonchev–Trinajstić information content (AvgIpc) is 2.83. The Hall–Kier alpha value is -2.58. The summed E-state index contributed by atoms with van der Waals surface area (Å²) >= 11 is 0. The van der Waals surface area contributed by atoms with Crippen LogP contribution >= 0.6 is 0 Å². The molecule has 2 aromatic carbocycles. The minimum absolute atomic E-state index is 0.00145. The van der Waals surface area contributed by atoms with Gasteiger partial charge in [0.2, 0.25) is 15.9 Å². The third-order valence-electron chi connectivity index (χ3n) is 5.91. The zero-order chi connectivity index (χ0) is 23.1. The maximum absolute atomic E-state index is 13.2. The van der Waals surface area contributed by atoms with Gasteiger partial charge >= 0.3 is 0 Å². The normalized spacial score (nSPS) is 16.3. The van der Waals surface area contributed by atoms with Crippen LogP contribution in [0.5, 0.6) is 11.5 Å². The van der Waals surface area contributed by atoms with Crippen LogP contribution in [-0.2, 0) is 21.2 Å². The van der Waals surface area contributed by atoms with E-state index in [1.807, 2.05) is 25.1 Å². The summed E-state index contributed by atoms with van der Waals surface area (Å²) in [6.07, 6.45) is 2.74. The van der Waals surface area contributed by atoms with Crippen molar-refractivity contribution < 1.29 is 22.7 Å². The summed E-state index contributed by atoms with van der Waals surface area (Å²) in [5.41, 5.74) is 1.25. The van der Waals surface area contributed by atoms with Crippen molar-refractivity contribution >= 4 is 15.9 Å². The molecule has 0 radical (unpaired) electrons. The third kappa shape index (κ3) is 5.81. The van der Waals surface area contributed by atoms with Crippen LogP contribution in [0.25, 0.3) is 0 Å². The van der Waals surface area contributed by atoms with E-state index in [9.17, 15) is 13.2 Å². The van der Waals surface area contributed by atoms with Gasteiger partial charge < -0.3 is 14.8 Å². The molecule has 174 valence electrons. The fourth-order valence-electron chi connectivity index (χ4n) is 3.94. The van der Waals surface area contributed by atoms with Gasteiger partial charge in [-0.25, -0.2) is 8.42 Å². The van der Waals surface area contributed by atoms with Gasteiger partial charge in [-0.2, -0.15) is 4.31 Å². The van der Waals surface area contributed by atoms with Crippen molar-refractivity contribution in [2.75, 3.05) is 27.3 Å². The Kier molecular flexibility index (Phi) is 8.15. The van der Waals surface area contributed by atoms with E-state index in [0.717, 1.165) is 12.8 Å². The van der Waals surface area contributed by atoms with Crippen LogP contribution in [0.3, 0.4) is 0 Å². The molecule has 8 heteroatoms. The van der Waals surface area contributed by atoms with Gasteiger partial charge in [-0.3, -0.25) is 4.79 Å². The van der Waals surface area contributed by atoms with Crippen molar-refractivity contribution in [1.29, 1.82) is 0 Å². The molecule has 1 saturated heterocycles. The van der Waals surface area contributed by atoms with Gasteiger partial charge in [0.05, 0.1) is 14.2 Å². The zero-order valence-corrected chi connectivity index (χ0v) is 19.7. The predicted octanol–water partition coefficient (Wildman–Crippen LogP) is 3.24. The zero-order valence-electron chi connectivity index (χ0n) is 18.9. The summed E-state index contributed by atoms with van der Waals surface area (Å²) in [5, 5.41) is 3.09. The van der Waals surface area contributed by atoms with Gasteiger partial charge in [-0.05, 0) is 50.3 Å². The smallest absolute Gasteiger partial charge is 0.246 e. The SMILES string of the molecule is COc1ccc(OC)c(S(=O)(=O)N2CCC(C(=O)N[C@@H](C)CCc3ccccc3)CC2)c1. The molecule has 0 aliphatic carbocycles. The van der Waals surface area contributed by atoms with Crippen LogP contribution in [0.4, 0.5) is 0 Å². The lowest BCUT2D eigenvalue weighted by Gasteiger charge is -2.31. The summed E-state index contributed by atoms with van der Waals surface area (Å²) in [6, 6.07) is 15.0. The van der Waals surface area contributed by atoms with Gasteiger partial charge in [-0.1, -0.05) is 30.3 Å². The highest BCUT2D eigenvalue weighted by atomic mass is 32.2. The molecule has 0 aromatic heterocycles. The van der Waals surface area contributed by atoms with Crippen LogP contribution in [0.2, 0.25) is 0 Å². The molecule has 2 aromatic rings. The molecule has 1 amide bonds. The number of piperidine rings is 1. The predicted molar refractivity (Wildman–Crippen MR) is 123 cm³/mol. The molecule has 1 N–H and O–H groups in total. The Bertz CT molecular complexity index is 1000. The van der Waals surface area contributed by atoms with E-state index in [0.29, 0.717) is 31.7 Å². The number of benzene rings is 2. The lowest BCUT2D eigenvalue weighted by molar-refractivity contribution is -0.126. The average molecular weight is 461 g/mol. The van der Waals surface area contributed by atoms with Crippen LogP contribution in [0.15, 0.2) is 53.4 Å². The molecule has 1 fully saturated rings. The Morgan fingerprint density at radius 3 is 2.41 bits per heavy atom.